The lowest BCUT2D eigenvalue weighted by molar-refractivity contribution is 0.0171. The van der Waals surface area contributed by atoms with Gasteiger partial charge in [-0.25, -0.2) is 0 Å². The van der Waals surface area contributed by atoms with Gasteiger partial charge in [0, 0.05) is 45.4 Å². The topological polar surface area (TPSA) is 67.4 Å². The molecule has 2 aliphatic rings. The van der Waals surface area contributed by atoms with Crippen LogP contribution < -0.4 is 20.3 Å². The van der Waals surface area contributed by atoms with Crippen molar-refractivity contribution < 1.29 is 14.2 Å². The van der Waals surface area contributed by atoms with Crippen LogP contribution in [0.2, 0.25) is 0 Å². The van der Waals surface area contributed by atoms with Crippen LogP contribution in [0.25, 0.3) is 0 Å². The average Bonchev–Trinajstić information content (AvgIpc) is 3.43. The summed E-state index contributed by atoms with van der Waals surface area (Å²) in [7, 11) is 1.73. The first-order valence-corrected chi connectivity index (χ1v) is 10.9. The molecule has 0 aliphatic carbocycles. The fraction of sp³-hybridized carbons (Fsp3) is 0.682. The van der Waals surface area contributed by atoms with E-state index >= 15 is 0 Å². The maximum Gasteiger partial charge on any atom is 0.191 e. The normalized spacial score (nSPS) is 22.1. The summed E-state index contributed by atoms with van der Waals surface area (Å²) in [5.41, 5.74) is 1.16. The monoisotopic (exact) mass is 404 g/mol. The molecule has 2 N–H and O–H groups in total. The molecule has 162 valence electrons. The van der Waals surface area contributed by atoms with Gasteiger partial charge in [0.05, 0.1) is 25.5 Å². The Hall–Kier alpha value is -1.99. The number of para-hydroxylation sites is 2. The highest BCUT2D eigenvalue weighted by Gasteiger charge is 2.25. The number of anilines is 1. The molecule has 3 rings (SSSR count). The van der Waals surface area contributed by atoms with E-state index in [1.165, 1.54) is 0 Å². The third kappa shape index (κ3) is 6.78. The first-order valence-electron chi connectivity index (χ1n) is 10.9. The van der Waals surface area contributed by atoms with E-state index in [4.69, 9.17) is 19.2 Å². The summed E-state index contributed by atoms with van der Waals surface area (Å²) in [5, 5.41) is 6.94. The van der Waals surface area contributed by atoms with Crippen molar-refractivity contribution in [3.05, 3.63) is 24.3 Å². The van der Waals surface area contributed by atoms with Crippen LogP contribution in [0.5, 0.6) is 5.75 Å². The van der Waals surface area contributed by atoms with Gasteiger partial charge < -0.3 is 29.7 Å². The minimum atomic E-state index is 0.297. The second kappa shape index (κ2) is 11.9. The molecule has 2 aliphatic heterocycles. The second-order valence-corrected chi connectivity index (χ2v) is 7.57. The number of nitrogens with zero attached hydrogens (tertiary/aromatic N) is 2. The average molecular weight is 405 g/mol. The summed E-state index contributed by atoms with van der Waals surface area (Å²) in [6.07, 6.45) is 4.57. The number of methoxy groups -OCH3 is 1. The molecular formula is C22H36N4O3. The molecule has 7 heteroatoms. The van der Waals surface area contributed by atoms with Gasteiger partial charge in [-0.2, -0.15) is 0 Å². The molecule has 2 unspecified atom stereocenters. The lowest BCUT2D eigenvalue weighted by Gasteiger charge is -2.22. The minimum absolute atomic E-state index is 0.297. The van der Waals surface area contributed by atoms with Crippen LogP contribution in [0.1, 0.15) is 32.6 Å². The summed E-state index contributed by atoms with van der Waals surface area (Å²) in [5.74, 6) is 1.82. The highest BCUT2D eigenvalue weighted by molar-refractivity contribution is 5.80. The Labute approximate surface area is 174 Å². The van der Waals surface area contributed by atoms with Crippen molar-refractivity contribution in [3.8, 4) is 5.75 Å². The number of aliphatic imine (C=N–C) groups is 1. The maximum atomic E-state index is 5.72. The van der Waals surface area contributed by atoms with Gasteiger partial charge in [0.25, 0.3) is 0 Å². The van der Waals surface area contributed by atoms with E-state index in [1.54, 1.807) is 7.11 Å². The standard InChI is InChI=1S/C22H36N4O3/c1-3-23-22(24-12-7-14-28-17-19-8-6-15-29-19)25-18-11-13-26(16-18)20-9-4-5-10-21(20)27-2/h4-5,9-10,18-19H,3,6-8,11-17H2,1-2H3,(H2,23,24,25). The van der Waals surface area contributed by atoms with Crippen LogP contribution in [-0.2, 0) is 9.47 Å². The number of nitrogens with one attached hydrogen (secondary N) is 2. The predicted molar refractivity (Wildman–Crippen MR) is 117 cm³/mol. The van der Waals surface area contributed by atoms with E-state index in [9.17, 15) is 0 Å². The molecule has 0 bridgehead atoms. The summed E-state index contributed by atoms with van der Waals surface area (Å²) in [6, 6.07) is 8.58. The number of benzene rings is 1. The molecule has 1 aromatic carbocycles. The van der Waals surface area contributed by atoms with Crippen LogP contribution in [0.4, 0.5) is 5.69 Å². The summed E-state index contributed by atoms with van der Waals surface area (Å²) in [6.45, 7) is 7.97. The van der Waals surface area contributed by atoms with E-state index in [1.807, 2.05) is 12.1 Å². The van der Waals surface area contributed by atoms with Crippen molar-refractivity contribution in [1.82, 2.24) is 10.6 Å². The molecule has 2 fully saturated rings. The molecule has 2 heterocycles. The van der Waals surface area contributed by atoms with E-state index < -0.39 is 0 Å². The molecule has 2 atom stereocenters. The van der Waals surface area contributed by atoms with Gasteiger partial charge in [0.1, 0.15) is 5.75 Å². The third-order valence-corrected chi connectivity index (χ3v) is 5.34. The summed E-state index contributed by atoms with van der Waals surface area (Å²) in [4.78, 5) is 7.09. The Morgan fingerprint density at radius 2 is 2.21 bits per heavy atom. The quantitative estimate of drug-likeness (QED) is 0.355. The number of hydrogen-bond donors (Lipinski definition) is 2. The summed E-state index contributed by atoms with van der Waals surface area (Å²) >= 11 is 0. The highest BCUT2D eigenvalue weighted by atomic mass is 16.5. The van der Waals surface area contributed by atoms with E-state index in [2.05, 4.69) is 34.6 Å². The molecular weight excluding hydrogens is 368 g/mol. The third-order valence-electron chi connectivity index (χ3n) is 5.34. The molecule has 2 saturated heterocycles. The fourth-order valence-electron chi connectivity index (χ4n) is 3.85. The van der Waals surface area contributed by atoms with Gasteiger partial charge in [0.15, 0.2) is 5.96 Å². The Bertz CT molecular complexity index is 634. The lowest BCUT2D eigenvalue weighted by Crippen LogP contribution is -2.44. The van der Waals surface area contributed by atoms with Gasteiger partial charge in [0.2, 0.25) is 0 Å². The molecule has 29 heavy (non-hydrogen) atoms. The Morgan fingerprint density at radius 1 is 1.31 bits per heavy atom. The first kappa shape index (κ1) is 21.7. The van der Waals surface area contributed by atoms with Crippen LogP contribution in [0.3, 0.4) is 0 Å². The lowest BCUT2D eigenvalue weighted by atomic mass is 10.2. The van der Waals surface area contributed by atoms with E-state index in [0.29, 0.717) is 18.8 Å². The molecule has 0 spiro atoms. The van der Waals surface area contributed by atoms with Crippen molar-refractivity contribution in [2.24, 2.45) is 4.99 Å². The van der Waals surface area contributed by atoms with Gasteiger partial charge in [-0.1, -0.05) is 12.1 Å². The van der Waals surface area contributed by atoms with E-state index in [0.717, 1.165) is 82.5 Å². The molecule has 1 aromatic rings. The smallest absolute Gasteiger partial charge is 0.191 e. The molecule has 7 nitrogen and oxygen atoms in total. The van der Waals surface area contributed by atoms with Crippen molar-refractivity contribution in [3.63, 3.8) is 0 Å². The number of hydrogen-bond acceptors (Lipinski definition) is 5. The Balaban J connectivity index is 1.40. The van der Waals surface area contributed by atoms with Crippen LogP contribution in [0, 0.1) is 0 Å². The van der Waals surface area contributed by atoms with Crippen LogP contribution >= 0.6 is 0 Å². The zero-order valence-corrected chi connectivity index (χ0v) is 17.9. The second-order valence-electron chi connectivity index (χ2n) is 7.57. The predicted octanol–water partition coefficient (Wildman–Crippen LogP) is 2.41. The van der Waals surface area contributed by atoms with Gasteiger partial charge >= 0.3 is 0 Å². The molecule has 0 saturated carbocycles. The Kier molecular flexibility index (Phi) is 8.89. The van der Waals surface area contributed by atoms with Crippen LogP contribution in [-0.4, -0.2) is 71.2 Å². The maximum absolute atomic E-state index is 5.72. The molecule has 0 radical (unpaired) electrons. The highest BCUT2D eigenvalue weighted by Crippen LogP contribution is 2.30. The van der Waals surface area contributed by atoms with E-state index in [-0.39, 0.29) is 0 Å². The first-order chi connectivity index (χ1) is 14.3. The largest absolute Gasteiger partial charge is 0.495 e. The van der Waals surface area contributed by atoms with Gasteiger partial charge in [-0.05, 0) is 44.7 Å². The van der Waals surface area contributed by atoms with Gasteiger partial charge in [-0.3, -0.25) is 4.99 Å². The van der Waals surface area contributed by atoms with Crippen LogP contribution in [0.15, 0.2) is 29.3 Å². The van der Waals surface area contributed by atoms with Crippen molar-refractivity contribution in [1.29, 1.82) is 0 Å². The molecule has 0 amide bonds. The zero-order valence-electron chi connectivity index (χ0n) is 17.9. The minimum Gasteiger partial charge on any atom is -0.495 e. The van der Waals surface area contributed by atoms with Crippen molar-refractivity contribution in [2.45, 2.75) is 44.8 Å². The zero-order chi connectivity index (χ0) is 20.3. The fourth-order valence-corrected chi connectivity index (χ4v) is 3.85. The van der Waals surface area contributed by atoms with Crippen molar-refractivity contribution in [2.75, 3.05) is 58.0 Å². The number of rotatable bonds is 10. The summed E-state index contributed by atoms with van der Waals surface area (Å²) < 4.78 is 16.8. The SMILES string of the molecule is CCNC(=NCCCOCC1CCCO1)NC1CCN(c2ccccc2OC)C1. The molecule has 0 aromatic heterocycles. The Morgan fingerprint density at radius 3 is 3.00 bits per heavy atom. The van der Waals surface area contributed by atoms with Crippen molar-refractivity contribution >= 4 is 11.6 Å². The van der Waals surface area contributed by atoms with Gasteiger partial charge in [-0.15, -0.1) is 0 Å². The number of guanidine groups is 1. The number of ether oxygens (including phenoxy) is 3.